The molecule has 0 aromatic heterocycles. The SMILES string of the molecule is CC[C@H]1O[C@@H](N2C=C(Br)C(=O)N(OCc3ccccc3)CC2=O)C2OC(C)(C)O[C@H]21. The molecule has 0 bridgehead atoms. The van der Waals surface area contributed by atoms with Crippen LogP contribution in [0.25, 0.3) is 0 Å². The Kier molecular flexibility index (Phi) is 6.00. The first kappa shape index (κ1) is 21.5. The van der Waals surface area contributed by atoms with Crippen molar-refractivity contribution in [3.8, 4) is 0 Å². The molecule has 2 amide bonds. The molecule has 1 aromatic rings. The van der Waals surface area contributed by atoms with Gasteiger partial charge in [-0.2, -0.15) is 0 Å². The number of halogens is 1. The Morgan fingerprint density at radius 3 is 2.57 bits per heavy atom. The molecule has 162 valence electrons. The zero-order chi connectivity index (χ0) is 21.5. The second kappa shape index (κ2) is 8.39. The Morgan fingerprint density at radius 1 is 1.17 bits per heavy atom. The van der Waals surface area contributed by atoms with Gasteiger partial charge in [-0.1, -0.05) is 37.3 Å². The summed E-state index contributed by atoms with van der Waals surface area (Å²) in [6, 6.07) is 9.44. The maximum Gasteiger partial charge on any atom is 0.286 e. The summed E-state index contributed by atoms with van der Waals surface area (Å²) in [6.45, 7) is 5.61. The number of carbonyl (C=O) groups is 2. The van der Waals surface area contributed by atoms with Crippen LogP contribution in [0, 0.1) is 0 Å². The molecule has 1 aromatic carbocycles. The number of hydroxylamine groups is 2. The molecule has 3 heterocycles. The molecule has 9 heteroatoms. The lowest BCUT2D eigenvalue weighted by atomic mass is 10.1. The number of rotatable bonds is 5. The molecular formula is C21H25BrN2O6. The number of nitrogens with zero attached hydrogens (tertiary/aromatic N) is 2. The number of benzene rings is 1. The standard InChI is InChI=1S/C21H25BrN2O6/c1-4-15-17-18(30-21(2,3)29-17)20(28-15)23-10-14(22)19(26)24(11-16(23)25)27-12-13-8-6-5-7-9-13/h5-10,15,17-18,20H,4,11-12H2,1-3H3/t15-,17+,18?,20-/m1/s1. The molecule has 3 aliphatic rings. The molecule has 8 nitrogen and oxygen atoms in total. The minimum Gasteiger partial charge on any atom is -0.349 e. The van der Waals surface area contributed by atoms with Crippen LogP contribution >= 0.6 is 15.9 Å². The molecule has 0 N–H and O–H groups in total. The maximum absolute atomic E-state index is 13.1. The molecule has 0 saturated carbocycles. The monoisotopic (exact) mass is 480 g/mol. The first-order valence-electron chi connectivity index (χ1n) is 9.97. The Balaban J connectivity index is 1.52. The fourth-order valence-electron chi connectivity index (χ4n) is 3.90. The molecule has 0 aliphatic carbocycles. The molecule has 0 spiro atoms. The lowest BCUT2D eigenvalue weighted by Gasteiger charge is -2.30. The predicted molar refractivity (Wildman–Crippen MR) is 110 cm³/mol. The maximum atomic E-state index is 13.1. The number of hydrogen-bond donors (Lipinski definition) is 0. The summed E-state index contributed by atoms with van der Waals surface area (Å²) in [7, 11) is 0. The smallest absolute Gasteiger partial charge is 0.286 e. The normalized spacial score (nSPS) is 31.0. The minimum atomic E-state index is -0.763. The number of fused-ring (bicyclic) bond motifs is 1. The average molecular weight is 481 g/mol. The molecule has 3 aliphatic heterocycles. The summed E-state index contributed by atoms with van der Waals surface area (Å²) in [6.07, 6.45) is 0.548. The first-order chi connectivity index (χ1) is 14.3. The lowest BCUT2D eigenvalue weighted by molar-refractivity contribution is -0.206. The van der Waals surface area contributed by atoms with E-state index in [-0.39, 0.29) is 35.7 Å². The Labute approximate surface area is 183 Å². The summed E-state index contributed by atoms with van der Waals surface area (Å²) < 4.78 is 18.3. The van der Waals surface area contributed by atoms with Crippen LogP contribution in [0.4, 0.5) is 0 Å². The van der Waals surface area contributed by atoms with Crippen molar-refractivity contribution in [1.82, 2.24) is 9.96 Å². The van der Waals surface area contributed by atoms with Crippen LogP contribution in [0.1, 0.15) is 32.8 Å². The van der Waals surface area contributed by atoms with E-state index in [2.05, 4.69) is 15.9 Å². The van der Waals surface area contributed by atoms with E-state index in [4.69, 9.17) is 19.0 Å². The Morgan fingerprint density at radius 2 is 1.87 bits per heavy atom. The van der Waals surface area contributed by atoms with E-state index >= 15 is 0 Å². The van der Waals surface area contributed by atoms with Crippen LogP contribution in [-0.2, 0) is 35.2 Å². The van der Waals surface area contributed by atoms with Gasteiger partial charge in [-0.3, -0.25) is 19.3 Å². The van der Waals surface area contributed by atoms with E-state index in [1.807, 2.05) is 51.1 Å². The quantitative estimate of drug-likeness (QED) is 0.644. The van der Waals surface area contributed by atoms with Crippen LogP contribution in [0.5, 0.6) is 0 Å². The lowest BCUT2D eigenvalue weighted by Crippen LogP contribution is -2.47. The summed E-state index contributed by atoms with van der Waals surface area (Å²) in [5.74, 6) is -1.53. The van der Waals surface area contributed by atoms with Gasteiger partial charge in [0, 0.05) is 6.20 Å². The van der Waals surface area contributed by atoms with Crippen molar-refractivity contribution in [3.05, 3.63) is 46.6 Å². The highest BCUT2D eigenvalue weighted by Crippen LogP contribution is 2.41. The topological polar surface area (TPSA) is 77.5 Å². The van der Waals surface area contributed by atoms with Gasteiger partial charge in [-0.05, 0) is 41.8 Å². The Hall–Kier alpha value is -1.78. The van der Waals surface area contributed by atoms with Crippen molar-refractivity contribution in [1.29, 1.82) is 0 Å². The van der Waals surface area contributed by atoms with Crippen molar-refractivity contribution in [2.45, 2.75) is 64.1 Å². The molecule has 30 heavy (non-hydrogen) atoms. The number of carbonyl (C=O) groups excluding carboxylic acids is 2. The number of hydrogen-bond acceptors (Lipinski definition) is 6. The van der Waals surface area contributed by atoms with E-state index in [1.165, 1.54) is 11.1 Å². The van der Waals surface area contributed by atoms with Crippen molar-refractivity contribution >= 4 is 27.7 Å². The van der Waals surface area contributed by atoms with Gasteiger partial charge in [-0.25, -0.2) is 5.06 Å². The van der Waals surface area contributed by atoms with Crippen LogP contribution < -0.4 is 0 Å². The van der Waals surface area contributed by atoms with Crippen molar-refractivity contribution in [2.75, 3.05) is 6.54 Å². The van der Waals surface area contributed by atoms with Crippen molar-refractivity contribution in [3.63, 3.8) is 0 Å². The largest absolute Gasteiger partial charge is 0.349 e. The highest BCUT2D eigenvalue weighted by molar-refractivity contribution is 9.12. The highest BCUT2D eigenvalue weighted by Gasteiger charge is 2.57. The second-order valence-electron chi connectivity index (χ2n) is 7.92. The summed E-state index contributed by atoms with van der Waals surface area (Å²) in [4.78, 5) is 32.9. The van der Waals surface area contributed by atoms with E-state index in [0.29, 0.717) is 0 Å². The summed E-state index contributed by atoms with van der Waals surface area (Å²) in [5.41, 5.74) is 0.894. The fraction of sp³-hybridized carbons (Fsp3) is 0.524. The van der Waals surface area contributed by atoms with Crippen LogP contribution in [0.3, 0.4) is 0 Å². The van der Waals surface area contributed by atoms with Gasteiger partial charge in [0.25, 0.3) is 11.8 Å². The van der Waals surface area contributed by atoms with Gasteiger partial charge in [-0.15, -0.1) is 0 Å². The van der Waals surface area contributed by atoms with E-state index in [0.717, 1.165) is 17.0 Å². The molecule has 2 saturated heterocycles. The minimum absolute atomic E-state index is 0.174. The van der Waals surface area contributed by atoms with E-state index < -0.39 is 24.0 Å². The molecule has 1 unspecified atom stereocenters. The van der Waals surface area contributed by atoms with E-state index in [1.54, 1.807) is 0 Å². The zero-order valence-electron chi connectivity index (χ0n) is 17.1. The second-order valence-corrected chi connectivity index (χ2v) is 8.77. The molecular weight excluding hydrogens is 456 g/mol. The predicted octanol–water partition coefficient (Wildman–Crippen LogP) is 2.68. The Bertz CT molecular complexity index is 845. The third-order valence-corrected chi connectivity index (χ3v) is 5.83. The number of amides is 2. The summed E-state index contributed by atoms with van der Waals surface area (Å²) >= 11 is 3.28. The van der Waals surface area contributed by atoms with Gasteiger partial charge in [0.05, 0.1) is 6.10 Å². The van der Waals surface area contributed by atoms with Gasteiger partial charge >= 0.3 is 0 Å². The number of ether oxygens (including phenoxy) is 3. The van der Waals surface area contributed by atoms with Crippen LogP contribution in [0.2, 0.25) is 0 Å². The molecule has 0 radical (unpaired) electrons. The van der Waals surface area contributed by atoms with Crippen molar-refractivity contribution < 1.29 is 28.6 Å². The average Bonchev–Trinajstić information content (AvgIpc) is 3.18. The molecule has 4 rings (SSSR count). The highest BCUT2D eigenvalue weighted by atomic mass is 79.9. The van der Waals surface area contributed by atoms with Crippen molar-refractivity contribution in [2.24, 2.45) is 0 Å². The molecule has 4 atom stereocenters. The van der Waals surface area contributed by atoms with Gasteiger partial charge in [0.15, 0.2) is 12.0 Å². The van der Waals surface area contributed by atoms with Crippen LogP contribution in [-0.4, -0.2) is 58.6 Å². The van der Waals surface area contributed by atoms with Gasteiger partial charge in [0.2, 0.25) is 0 Å². The third-order valence-electron chi connectivity index (χ3n) is 5.28. The first-order valence-corrected chi connectivity index (χ1v) is 10.8. The fourth-order valence-corrected chi connectivity index (χ4v) is 4.32. The van der Waals surface area contributed by atoms with Gasteiger partial charge < -0.3 is 14.2 Å². The zero-order valence-corrected chi connectivity index (χ0v) is 18.7. The van der Waals surface area contributed by atoms with Crippen LogP contribution in [0.15, 0.2) is 41.0 Å². The summed E-state index contributed by atoms with van der Waals surface area (Å²) in [5, 5.41) is 1.07. The van der Waals surface area contributed by atoms with Gasteiger partial charge in [0.1, 0.15) is 29.8 Å². The van der Waals surface area contributed by atoms with E-state index in [9.17, 15) is 9.59 Å². The molecule has 2 fully saturated rings. The third kappa shape index (κ3) is 4.17.